The van der Waals surface area contributed by atoms with E-state index in [-0.39, 0.29) is 12.5 Å². The van der Waals surface area contributed by atoms with Crippen molar-refractivity contribution in [3.05, 3.63) is 83.4 Å². The molecule has 1 amide bonds. The molecule has 0 saturated carbocycles. The van der Waals surface area contributed by atoms with Gasteiger partial charge in [0.05, 0.1) is 20.8 Å². The molecule has 31 heavy (non-hydrogen) atoms. The Morgan fingerprint density at radius 3 is 2.16 bits per heavy atom. The Hall–Kier alpha value is -3.67. The molecule has 0 atom stereocenters. The van der Waals surface area contributed by atoms with E-state index < -0.39 is 0 Å². The summed E-state index contributed by atoms with van der Waals surface area (Å²) in [6.45, 7) is 3.03. The number of nitrogens with one attached hydrogen (secondary N) is 1. The van der Waals surface area contributed by atoms with Crippen molar-refractivity contribution >= 4 is 5.91 Å². The predicted octanol–water partition coefficient (Wildman–Crippen LogP) is 4.61. The average molecular weight is 421 g/mol. The quantitative estimate of drug-likeness (QED) is 0.518. The fourth-order valence-electron chi connectivity index (χ4n) is 3.15. The van der Waals surface area contributed by atoms with Crippen LogP contribution in [0.1, 0.15) is 28.4 Å². The summed E-state index contributed by atoms with van der Waals surface area (Å²) in [6.07, 6.45) is 0. The molecular weight excluding hydrogens is 394 g/mol. The number of para-hydroxylation sites is 3. The molecule has 162 valence electrons. The summed E-state index contributed by atoms with van der Waals surface area (Å²) in [7, 11) is 3.21. The van der Waals surface area contributed by atoms with Crippen LogP contribution in [0.25, 0.3) is 0 Å². The van der Waals surface area contributed by atoms with Gasteiger partial charge in [0.1, 0.15) is 18.1 Å². The van der Waals surface area contributed by atoms with Crippen LogP contribution in [0.5, 0.6) is 23.0 Å². The van der Waals surface area contributed by atoms with Crippen molar-refractivity contribution in [2.45, 2.75) is 20.1 Å². The first-order chi connectivity index (χ1) is 15.2. The normalized spacial score (nSPS) is 10.3. The highest BCUT2D eigenvalue weighted by Crippen LogP contribution is 2.29. The average Bonchev–Trinajstić information content (AvgIpc) is 2.82. The van der Waals surface area contributed by atoms with Crippen LogP contribution in [-0.2, 0) is 13.2 Å². The molecule has 3 rings (SSSR count). The van der Waals surface area contributed by atoms with Crippen LogP contribution < -0.4 is 24.3 Å². The van der Waals surface area contributed by atoms with Gasteiger partial charge in [-0.15, -0.1) is 0 Å². The van der Waals surface area contributed by atoms with E-state index in [1.807, 2.05) is 55.5 Å². The van der Waals surface area contributed by atoms with Crippen LogP contribution in [-0.4, -0.2) is 26.7 Å². The molecule has 6 heteroatoms. The van der Waals surface area contributed by atoms with E-state index >= 15 is 0 Å². The number of rotatable bonds is 10. The van der Waals surface area contributed by atoms with Gasteiger partial charge in [-0.1, -0.05) is 30.3 Å². The minimum absolute atomic E-state index is 0.188. The number of carbonyl (C=O) groups is 1. The number of carbonyl (C=O) groups excluding carboxylic acids is 1. The summed E-state index contributed by atoms with van der Waals surface area (Å²) in [6, 6.07) is 20.3. The van der Waals surface area contributed by atoms with Crippen molar-refractivity contribution < 1.29 is 23.7 Å². The summed E-state index contributed by atoms with van der Waals surface area (Å²) in [5, 5.41) is 2.94. The highest BCUT2D eigenvalue weighted by Gasteiger charge is 2.13. The molecule has 0 heterocycles. The van der Waals surface area contributed by atoms with E-state index in [0.29, 0.717) is 36.0 Å². The lowest BCUT2D eigenvalue weighted by Gasteiger charge is -2.15. The Bertz CT molecular complexity index is 1020. The molecule has 0 aliphatic carbocycles. The van der Waals surface area contributed by atoms with Crippen LogP contribution in [0.3, 0.4) is 0 Å². The molecule has 3 aromatic carbocycles. The van der Waals surface area contributed by atoms with E-state index in [1.54, 1.807) is 32.4 Å². The number of hydrogen-bond donors (Lipinski definition) is 1. The molecule has 0 bridgehead atoms. The van der Waals surface area contributed by atoms with Gasteiger partial charge >= 0.3 is 0 Å². The maximum atomic E-state index is 12.8. The van der Waals surface area contributed by atoms with Crippen LogP contribution in [0.4, 0.5) is 0 Å². The summed E-state index contributed by atoms with van der Waals surface area (Å²) < 4.78 is 22.3. The second-order valence-corrected chi connectivity index (χ2v) is 6.69. The molecular formula is C25H27NO5. The van der Waals surface area contributed by atoms with E-state index in [9.17, 15) is 4.79 Å². The second kappa shape index (κ2) is 10.9. The summed E-state index contributed by atoms with van der Waals surface area (Å²) >= 11 is 0. The zero-order valence-corrected chi connectivity index (χ0v) is 18.0. The molecule has 6 nitrogen and oxygen atoms in total. The fourth-order valence-corrected chi connectivity index (χ4v) is 3.15. The first-order valence-corrected chi connectivity index (χ1v) is 10.1. The second-order valence-electron chi connectivity index (χ2n) is 6.69. The van der Waals surface area contributed by atoms with Crippen LogP contribution >= 0.6 is 0 Å². The topological polar surface area (TPSA) is 66.0 Å². The maximum absolute atomic E-state index is 12.8. The Kier molecular flexibility index (Phi) is 7.76. The van der Waals surface area contributed by atoms with Gasteiger partial charge in [-0.3, -0.25) is 4.79 Å². The molecule has 0 radical (unpaired) electrons. The third kappa shape index (κ3) is 5.69. The molecule has 0 aromatic heterocycles. The molecule has 0 aliphatic rings. The van der Waals surface area contributed by atoms with Gasteiger partial charge in [0.15, 0.2) is 11.5 Å². The Labute approximate surface area is 182 Å². The Balaban J connectivity index is 1.74. The smallest absolute Gasteiger partial charge is 0.251 e. The molecule has 0 spiro atoms. The first-order valence-electron chi connectivity index (χ1n) is 10.1. The standard InChI is InChI=1S/C25H27NO5/c1-4-30-22-14-13-18(25(27)26-16-19-9-5-6-10-21(19)28-2)15-20(22)17-31-24-12-8-7-11-23(24)29-3/h5-15H,4,16-17H2,1-3H3,(H,26,27). The fraction of sp³-hybridized carbons (Fsp3) is 0.240. The highest BCUT2D eigenvalue weighted by atomic mass is 16.5. The zero-order chi connectivity index (χ0) is 22.1. The van der Waals surface area contributed by atoms with Gasteiger partial charge in [0.25, 0.3) is 5.91 Å². The van der Waals surface area contributed by atoms with Crippen molar-refractivity contribution in [1.82, 2.24) is 5.32 Å². The largest absolute Gasteiger partial charge is 0.496 e. The van der Waals surface area contributed by atoms with Gasteiger partial charge in [-0.25, -0.2) is 0 Å². The van der Waals surface area contributed by atoms with Crippen LogP contribution in [0.15, 0.2) is 66.7 Å². The molecule has 1 N–H and O–H groups in total. The van der Waals surface area contributed by atoms with E-state index in [0.717, 1.165) is 16.9 Å². The molecule has 0 saturated heterocycles. The third-order valence-corrected chi connectivity index (χ3v) is 4.71. The Morgan fingerprint density at radius 1 is 0.774 bits per heavy atom. The maximum Gasteiger partial charge on any atom is 0.251 e. The number of ether oxygens (including phenoxy) is 4. The lowest BCUT2D eigenvalue weighted by Crippen LogP contribution is -2.23. The van der Waals surface area contributed by atoms with Crippen molar-refractivity contribution in [2.24, 2.45) is 0 Å². The lowest BCUT2D eigenvalue weighted by molar-refractivity contribution is 0.0950. The zero-order valence-electron chi connectivity index (χ0n) is 18.0. The van der Waals surface area contributed by atoms with Gasteiger partial charge in [-0.05, 0) is 43.3 Å². The van der Waals surface area contributed by atoms with Crippen molar-refractivity contribution in [2.75, 3.05) is 20.8 Å². The van der Waals surface area contributed by atoms with Gasteiger partial charge in [0, 0.05) is 23.2 Å². The highest BCUT2D eigenvalue weighted by molar-refractivity contribution is 5.94. The SMILES string of the molecule is CCOc1ccc(C(=O)NCc2ccccc2OC)cc1COc1ccccc1OC. The van der Waals surface area contributed by atoms with Gasteiger partial charge in [0.2, 0.25) is 0 Å². The number of hydrogen-bond acceptors (Lipinski definition) is 5. The summed E-state index contributed by atoms with van der Waals surface area (Å²) in [4.78, 5) is 12.8. The van der Waals surface area contributed by atoms with Crippen molar-refractivity contribution in [1.29, 1.82) is 0 Å². The minimum atomic E-state index is -0.188. The number of benzene rings is 3. The Morgan fingerprint density at radius 2 is 1.45 bits per heavy atom. The van der Waals surface area contributed by atoms with Gasteiger partial charge in [-0.2, -0.15) is 0 Å². The third-order valence-electron chi connectivity index (χ3n) is 4.71. The number of amides is 1. The van der Waals surface area contributed by atoms with E-state index in [1.165, 1.54) is 0 Å². The van der Waals surface area contributed by atoms with Crippen LogP contribution in [0.2, 0.25) is 0 Å². The lowest BCUT2D eigenvalue weighted by atomic mass is 10.1. The molecule has 0 fully saturated rings. The predicted molar refractivity (Wildman–Crippen MR) is 119 cm³/mol. The molecule has 3 aromatic rings. The van der Waals surface area contributed by atoms with Gasteiger partial charge < -0.3 is 24.3 Å². The first kappa shape index (κ1) is 22.0. The minimum Gasteiger partial charge on any atom is -0.496 e. The summed E-state index contributed by atoms with van der Waals surface area (Å²) in [5.41, 5.74) is 2.21. The molecule has 0 unspecified atom stereocenters. The van der Waals surface area contributed by atoms with Crippen molar-refractivity contribution in [3.8, 4) is 23.0 Å². The van der Waals surface area contributed by atoms with E-state index in [4.69, 9.17) is 18.9 Å². The van der Waals surface area contributed by atoms with Crippen LogP contribution in [0, 0.1) is 0 Å². The number of methoxy groups -OCH3 is 2. The molecule has 0 aliphatic heterocycles. The monoisotopic (exact) mass is 421 g/mol. The van der Waals surface area contributed by atoms with E-state index in [2.05, 4.69) is 5.32 Å². The van der Waals surface area contributed by atoms with Crippen molar-refractivity contribution in [3.63, 3.8) is 0 Å². The summed E-state index contributed by atoms with van der Waals surface area (Å²) in [5.74, 6) is 2.50.